The normalized spacial score (nSPS) is 14.5. The first-order valence-corrected chi connectivity index (χ1v) is 8.15. The minimum atomic E-state index is -0.0928. The van der Waals surface area contributed by atoms with Crippen LogP contribution in [-0.2, 0) is 19.5 Å². The molecule has 0 amide bonds. The van der Waals surface area contributed by atoms with Crippen molar-refractivity contribution in [3.8, 4) is 11.5 Å². The van der Waals surface area contributed by atoms with Crippen molar-refractivity contribution in [3.63, 3.8) is 0 Å². The van der Waals surface area contributed by atoms with Gasteiger partial charge in [-0.3, -0.25) is 19.7 Å². The Balaban J connectivity index is 1.50. The summed E-state index contributed by atoms with van der Waals surface area (Å²) in [5.41, 5.74) is 3.55. The Bertz CT molecular complexity index is 958. The highest BCUT2D eigenvalue weighted by Crippen LogP contribution is 2.19. The van der Waals surface area contributed by atoms with Crippen molar-refractivity contribution in [3.05, 3.63) is 68.7 Å². The van der Waals surface area contributed by atoms with Crippen LogP contribution in [0.2, 0.25) is 0 Å². The summed E-state index contributed by atoms with van der Waals surface area (Å²) >= 11 is 5.02. The number of aromatic amines is 2. The van der Waals surface area contributed by atoms with Gasteiger partial charge in [-0.1, -0.05) is 6.07 Å². The zero-order valence-corrected chi connectivity index (χ0v) is 13.7. The summed E-state index contributed by atoms with van der Waals surface area (Å²) in [6.45, 7) is 2.23. The van der Waals surface area contributed by atoms with Crippen LogP contribution < -0.4 is 5.56 Å². The van der Waals surface area contributed by atoms with E-state index in [0.29, 0.717) is 11.3 Å². The Morgan fingerprint density at radius 2 is 2.21 bits per heavy atom. The van der Waals surface area contributed by atoms with Crippen LogP contribution in [-0.4, -0.2) is 26.4 Å². The molecule has 4 rings (SSSR count). The van der Waals surface area contributed by atoms with Crippen molar-refractivity contribution in [2.24, 2.45) is 0 Å². The van der Waals surface area contributed by atoms with Crippen LogP contribution in [0.4, 0.5) is 0 Å². The van der Waals surface area contributed by atoms with Crippen LogP contribution >= 0.6 is 12.2 Å². The fourth-order valence-corrected chi connectivity index (χ4v) is 3.21. The van der Waals surface area contributed by atoms with E-state index >= 15 is 0 Å². The number of H-pyrrole nitrogens is 2. The van der Waals surface area contributed by atoms with Gasteiger partial charge in [0.25, 0.3) is 5.56 Å². The zero-order valence-electron chi connectivity index (χ0n) is 12.9. The number of furan rings is 1. The molecular weight excluding hydrogens is 324 g/mol. The van der Waals surface area contributed by atoms with E-state index in [1.54, 1.807) is 6.26 Å². The molecule has 0 saturated carbocycles. The minimum absolute atomic E-state index is 0.0928. The molecule has 0 spiro atoms. The highest BCUT2D eigenvalue weighted by molar-refractivity contribution is 7.71. The quantitative estimate of drug-likeness (QED) is 0.717. The van der Waals surface area contributed by atoms with Gasteiger partial charge in [-0.25, -0.2) is 0 Å². The fourth-order valence-electron chi connectivity index (χ4n) is 2.99. The molecule has 4 heterocycles. The topological polar surface area (TPSA) is 77.9 Å². The maximum absolute atomic E-state index is 12.1. The van der Waals surface area contributed by atoms with Crippen LogP contribution in [0, 0.1) is 4.77 Å². The summed E-state index contributed by atoms with van der Waals surface area (Å²) in [6.07, 6.45) is 4.29. The second-order valence-electron chi connectivity index (χ2n) is 5.85. The molecule has 0 unspecified atom stereocenters. The van der Waals surface area contributed by atoms with E-state index in [1.807, 2.05) is 30.5 Å². The summed E-state index contributed by atoms with van der Waals surface area (Å²) in [7, 11) is 0. The summed E-state index contributed by atoms with van der Waals surface area (Å²) in [5.74, 6) is 0.759. The molecular formula is C17H16N4O2S. The molecule has 6 nitrogen and oxygen atoms in total. The monoisotopic (exact) mass is 340 g/mol. The van der Waals surface area contributed by atoms with Gasteiger partial charge >= 0.3 is 0 Å². The van der Waals surface area contributed by atoms with Gasteiger partial charge in [0.2, 0.25) is 0 Å². The predicted octanol–water partition coefficient (Wildman–Crippen LogP) is 2.65. The summed E-state index contributed by atoms with van der Waals surface area (Å²) < 4.78 is 5.74. The van der Waals surface area contributed by atoms with E-state index in [0.717, 1.165) is 47.8 Å². The number of nitrogens with one attached hydrogen (secondary N) is 2. The number of hydrogen-bond donors (Lipinski definition) is 2. The zero-order chi connectivity index (χ0) is 16.5. The SMILES string of the molecule is O=c1[nH]c(=S)[nH]c2c1CN(Cc1ccc(-c3ccco3)nc1)CC2. The highest BCUT2D eigenvalue weighted by Gasteiger charge is 2.19. The third-order valence-corrected chi connectivity index (χ3v) is 4.40. The van der Waals surface area contributed by atoms with Gasteiger partial charge in [0.15, 0.2) is 10.5 Å². The van der Waals surface area contributed by atoms with Gasteiger partial charge in [0, 0.05) is 37.9 Å². The average Bonchev–Trinajstić information content (AvgIpc) is 3.11. The molecule has 0 atom stereocenters. The average molecular weight is 340 g/mol. The third-order valence-electron chi connectivity index (χ3n) is 4.19. The first-order chi connectivity index (χ1) is 11.7. The van der Waals surface area contributed by atoms with Crippen LogP contribution in [0.5, 0.6) is 0 Å². The van der Waals surface area contributed by atoms with Crippen molar-refractivity contribution < 1.29 is 4.42 Å². The molecule has 0 saturated heterocycles. The number of fused-ring (bicyclic) bond motifs is 1. The van der Waals surface area contributed by atoms with Crippen LogP contribution in [0.15, 0.2) is 45.9 Å². The fraction of sp³-hybridized carbons (Fsp3) is 0.235. The molecule has 0 aromatic carbocycles. The second-order valence-corrected chi connectivity index (χ2v) is 6.26. The Morgan fingerprint density at radius 1 is 1.29 bits per heavy atom. The minimum Gasteiger partial charge on any atom is -0.463 e. The molecule has 0 fully saturated rings. The molecule has 0 bridgehead atoms. The van der Waals surface area contributed by atoms with E-state index in [1.165, 1.54) is 0 Å². The Hall–Kier alpha value is -2.51. The third kappa shape index (κ3) is 2.95. The summed E-state index contributed by atoms with van der Waals surface area (Å²) in [4.78, 5) is 24.5. The van der Waals surface area contributed by atoms with Gasteiger partial charge in [0.1, 0.15) is 5.69 Å². The largest absolute Gasteiger partial charge is 0.463 e. The first kappa shape index (κ1) is 15.0. The van der Waals surface area contributed by atoms with E-state index < -0.39 is 0 Å². The summed E-state index contributed by atoms with van der Waals surface area (Å²) in [6, 6.07) is 7.73. The van der Waals surface area contributed by atoms with Crippen molar-refractivity contribution in [1.82, 2.24) is 19.9 Å². The van der Waals surface area contributed by atoms with Gasteiger partial charge in [-0.2, -0.15) is 0 Å². The lowest BCUT2D eigenvalue weighted by molar-refractivity contribution is 0.241. The standard InChI is InChI=1S/C17H16N4O2S/c22-16-12-10-21(6-5-13(12)19-17(24)20-16)9-11-3-4-14(18-8-11)15-2-1-7-23-15/h1-4,7-8H,5-6,9-10H2,(H2,19,20,22,24). The highest BCUT2D eigenvalue weighted by atomic mass is 32.1. The van der Waals surface area contributed by atoms with E-state index in [4.69, 9.17) is 16.6 Å². The Labute approximate surface area is 143 Å². The van der Waals surface area contributed by atoms with Gasteiger partial charge in [0.05, 0.1) is 11.8 Å². The second kappa shape index (κ2) is 6.18. The first-order valence-electron chi connectivity index (χ1n) is 7.74. The van der Waals surface area contributed by atoms with Crippen molar-refractivity contribution in [2.75, 3.05) is 6.54 Å². The van der Waals surface area contributed by atoms with Gasteiger partial charge < -0.3 is 9.40 Å². The molecule has 24 heavy (non-hydrogen) atoms. The lowest BCUT2D eigenvalue weighted by atomic mass is 10.1. The number of aromatic nitrogens is 3. The van der Waals surface area contributed by atoms with Gasteiger partial charge in [-0.15, -0.1) is 0 Å². The Kier molecular flexibility index (Phi) is 3.87. The predicted molar refractivity (Wildman–Crippen MR) is 92.0 cm³/mol. The molecule has 122 valence electrons. The molecule has 1 aliphatic heterocycles. The number of rotatable bonds is 3. The maximum Gasteiger partial charge on any atom is 0.256 e. The van der Waals surface area contributed by atoms with Crippen molar-refractivity contribution >= 4 is 12.2 Å². The van der Waals surface area contributed by atoms with Crippen molar-refractivity contribution in [2.45, 2.75) is 19.5 Å². The lowest BCUT2D eigenvalue weighted by Crippen LogP contribution is -2.35. The molecule has 0 radical (unpaired) electrons. The molecule has 3 aromatic rings. The lowest BCUT2D eigenvalue weighted by Gasteiger charge is -2.27. The molecule has 0 aliphatic carbocycles. The maximum atomic E-state index is 12.1. The molecule has 7 heteroatoms. The van der Waals surface area contributed by atoms with Crippen molar-refractivity contribution in [1.29, 1.82) is 0 Å². The van der Waals surface area contributed by atoms with Crippen LogP contribution in [0.25, 0.3) is 11.5 Å². The summed E-state index contributed by atoms with van der Waals surface area (Å²) in [5, 5.41) is 0. The van der Waals surface area contributed by atoms with Crippen LogP contribution in [0.1, 0.15) is 16.8 Å². The number of nitrogens with zero attached hydrogens (tertiary/aromatic N) is 2. The van der Waals surface area contributed by atoms with E-state index in [-0.39, 0.29) is 5.56 Å². The number of hydrogen-bond acceptors (Lipinski definition) is 5. The molecule has 2 N–H and O–H groups in total. The van der Waals surface area contributed by atoms with E-state index in [9.17, 15) is 4.79 Å². The molecule has 1 aliphatic rings. The smallest absolute Gasteiger partial charge is 0.256 e. The van der Waals surface area contributed by atoms with E-state index in [2.05, 4.69) is 19.9 Å². The van der Waals surface area contributed by atoms with Crippen LogP contribution in [0.3, 0.4) is 0 Å². The molecule has 3 aromatic heterocycles. The Morgan fingerprint density at radius 3 is 2.96 bits per heavy atom. The van der Waals surface area contributed by atoms with Gasteiger partial charge in [-0.05, 0) is 36.0 Å². The number of pyridine rings is 1.